The van der Waals surface area contributed by atoms with Crippen LogP contribution in [0.25, 0.3) is 0 Å². The highest BCUT2D eigenvalue weighted by Crippen LogP contribution is 2.61. The highest BCUT2D eigenvalue weighted by molar-refractivity contribution is 5.97. The molecule has 0 aromatic carbocycles. The molecule has 0 unspecified atom stereocenters. The number of carbonyl (C=O) groups excluding carboxylic acids is 3. The summed E-state index contributed by atoms with van der Waals surface area (Å²) in [4.78, 5) is 36.2. The number of nitrogens with two attached hydrogens (primary N) is 1. The number of hydrogen-bond acceptors (Lipinski definition) is 3. The number of amides is 1. The van der Waals surface area contributed by atoms with Gasteiger partial charge < -0.3 is 5.73 Å². The minimum atomic E-state index is -0.209. The van der Waals surface area contributed by atoms with Gasteiger partial charge in [0.2, 0.25) is 5.91 Å². The van der Waals surface area contributed by atoms with Crippen LogP contribution >= 0.6 is 0 Å². The molecule has 4 heteroatoms. The first-order valence-corrected chi connectivity index (χ1v) is 11.7. The summed E-state index contributed by atoms with van der Waals surface area (Å²) < 4.78 is 0. The molecule has 158 valence electrons. The van der Waals surface area contributed by atoms with E-state index < -0.39 is 0 Å². The highest BCUT2D eigenvalue weighted by Gasteiger charge is 2.54. The molecule has 1 amide bonds. The molecule has 4 aliphatic rings. The molecule has 29 heavy (non-hydrogen) atoms. The largest absolute Gasteiger partial charge is 0.370 e. The van der Waals surface area contributed by atoms with Gasteiger partial charge >= 0.3 is 0 Å². The van der Waals surface area contributed by atoms with Crippen LogP contribution in [0.4, 0.5) is 0 Å². The number of fused-ring (bicyclic) bond motifs is 4. The van der Waals surface area contributed by atoms with E-state index in [1.54, 1.807) is 6.08 Å². The Labute approximate surface area is 174 Å². The van der Waals surface area contributed by atoms with Crippen molar-refractivity contribution in [3.8, 4) is 0 Å². The highest BCUT2D eigenvalue weighted by atomic mass is 16.1. The Morgan fingerprint density at radius 2 is 1.97 bits per heavy atom. The van der Waals surface area contributed by atoms with Gasteiger partial charge in [-0.3, -0.25) is 14.4 Å². The van der Waals surface area contributed by atoms with Gasteiger partial charge in [-0.05, 0) is 73.0 Å². The van der Waals surface area contributed by atoms with Crippen molar-refractivity contribution in [1.82, 2.24) is 0 Å². The SMILES string of the molecule is C[C@@]12CCC[C@H]1[C@@H]1C(=O)CC3=CC(=O)CCC3=C1[C@@H](CCCCCCC(N)=O)C2. The van der Waals surface area contributed by atoms with Gasteiger partial charge in [-0.25, -0.2) is 0 Å². The molecule has 0 bridgehead atoms. The third-order valence-corrected chi connectivity index (χ3v) is 8.18. The molecule has 4 aliphatic carbocycles. The summed E-state index contributed by atoms with van der Waals surface area (Å²) in [6, 6.07) is 0. The maximum atomic E-state index is 13.3. The molecule has 0 spiro atoms. The van der Waals surface area contributed by atoms with Crippen LogP contribution in [-0.4, -0.2) is 17.5 Å². The Morgan fingerprint density at radius 1 is 1.17 bits per heavy atom. The molecular weight excluding hydrogens is 362 g/mol. The van der Waals surface area contributed by atoms with Crippen LogP contribution < -0.4 is 5.73 Å². The molecule has 0 aliphatic heterocycles. The maximum Gasteiger partial charge on any atom is 0.217 e. The van der Waals surface area contributed by atoms with E-state index in [1.165, 1.54) is 36.8 Å². The first-order chi connectivity index (χ1) is 13.9. The van der Waals surface area contributed by atoms with Gasteiger partial charge in [-0.2, -0.15) is 0 Å². The zero-order valence-electron chi connectivity index (χ0n) is 17.8. The Bertz CT molecular complexity index is 777. The van der Waals surface area contributed by atoms with E-state index in [0.29, 0.717) is 42.3 Å². The number of primary amides is 1. The van der Waals surface area contributed by atoms with E-state index in [2.05, 4.69) is 6.92 Å². The van der Waals surface area contributed by atoms with Crippen molar-refractivity contribution < 1.29 is 14.4 Å². The van der Waals surface area contributed by atoms with E-state index in [-0.39, 0.29) is 17.6 Å². The smallest absolute Gasteiger partial charge is 0.217 e. The third kappa shape index (κ3) is 4.00. The zero-order chi connectivity index (χ0) is 20.6. The fourth-order valence-corrected chi connectivity index (χ4v) is 6.91. The molecule has 0 radical (unpaired) electrons. The third-order valence-electron chi connectivity index (χ3n) is 8.18. The van der Waals surface area contributed by atoms with Crippen LogP contribution in [0, 0.1) is 23.2 Å². The number of hydrogen-bond donors (Lipinski definition) is 1. The lowest BCUT2D eigenvalue weighted by Crippen LogP contribution is -2.45. The molecule has 0 saturated heterocycles. The van der Waals surface area contributed by atoms with E-state index in [4.69, 9.17) is 5.73 Å². The molecule has 4 nitrogen and oxygen atoms in total. The molecule has 0 aromatic heterocycles. The molecule has 4 atom stereocenters. The lowest BCUT2D eigenvalue weighted by Gasteiger charge is -2.50. The monoisotopic (exact) mass is 397 g/mol. The summed E-state index contributed by atoms with van der Waals surface area (Å²) in [6.45, 7) is 2.43. The Hall–Kier alpha value is -1.71. The molecule has 2 N–H and O–H groups in total. The number of carbonyl (C=O) groups is 3. The van der Waals surface area contributed by atoms with Crippen molar-refractivity contribution in [2.75, 3.05) is 0 Å². The van der Waals surface area contributed by atoms with Crippen molar-refractivity contribution >= 4 is 17.5 Å². The molecule has 2 saturated carbocycles. The average molecular weight is 398 g/mol. The second-order valence-electron chi connectivity index (χ2n) is 10.2. The van der Waals surface area contributed by atoms with Gasteiger partial charge in [0, 0.05) is 25.2 Å². The van der Waals surface area contributed by atoms with Gasteiger partial charge in [-0.15, -0.1) is 0 Å². The average Bonchev–Trinajstić information content (AvgIpc) is 3.04. The van der Waals surface area contributed by atoms with Crippen molar-refractivity contribution in [3.05, 3.63) is 22.8 Å². The van der Waals surface area contributed by atoms with E-state index >= 15 is 0 Å². The summed E-state index contributed by atoms with van der Waals surface area (Å²) in [5.74, 6) is 1.43. The van der Waals surface area contributed by atoms with E-state index in [9.17, 15) is 14.4 Å². The van der Waals surface area contributed by atoms with Crippen LogP contribution in [0.2, 0.25) is 0 Å². The number of rotatable bonds is 7. The van der Waals surface area contributed by atoms with Crippen LogP contribution in [0.1, 0.15) is 90.4 Å². The van der Waals surface area contributed by atoms with Gasteiger partial charge in [0.1, 0.15) is 5.78 Å². The molecule has 0 aromatic rings. The predicted octanol–water partition coefficient (Wildman–Crippen LogP) is 4.81. The zero-order valence-corrected chi connectivity index (χ0v) is 17.8. The second-order valence-corrected chi connectivity index (χ2v) is 10.2. The van der Waals surface area contributed by atoms with Crippen molar-refractivity contribution in [1.29, 1.82) is 0 Å². The van der Waals surface area contributed by atoms with Crippen molar-refractivity contribution in [2.24, 2.45) is 28.9 Å². The summed E-state index contributed by atoms with van der Waals surface area (Å²) in [6.07, 6.45) is 14.3. The van der Waals surface area contributed by atoms with E-state index in [1.807, 2.05) is 0 Å². The summed E-state index contributed by atoms with van der Waals surface area (Å²) >= 11 is 0. The van der Waals surface area contributed by atoms with Crippen LogP contribution in [0.3, 0.4) is 0 Å². The number of Topliss-reactive ketones (excluding diaryl/α,β-unsaturated/α-hetero) is 1. The van der Waals surface area contributed by atoms with Crippen LogP contribution in [-0.2, 0) is 14.4 Å². The topological polar surface area (TPSA) is 77.2 Å². The fourth-order valence-electron chi connectivity index (χ4n) is 6.91. The standard InChI is InChI=1S/C25H35NO3/c1-25-12-6-8-20(25)24-21(28)14-17-13-18(27)10-11-19(17)23(24)16(15-25)7-4-2-3-5-9-22(26)29/h13,16,20,24H,2-12,14-15H2,1H3,(H2,26,29)/t16-,20-,24+,25-/m0/s1. The second kappa shape index (κ2) is 8.20. The number of unbranched alkanes of at least 4 members (excludes halogenated alkanes) is 3. The minimum Gasteiger partial charge on any atom is -0.370 e. The lowest BCUT2D eigenvalue weighted by molar-refractivity contribution is -0.126. The van der Waals surface area contributed by atoms with Gasteiger partial charge in [0.15, 0.2) is 5.78 Å². The minimum absolute atomic E-state index is 0.108. The van der Waals surface area contributed by atoms with Crippen molar-refractivity contribution in [2.45, 2.75) is 90.4 Å². The first kappa shape index (κ1) is 20.6. The van der Waals surface area contributed by atoms with Gasteiger partial charge in [0.25, 0.3) is 0 Å². The Kier molecular flexibility index (Phi) is 5.81. The van der Waals surface area contributed by atoms with Gasteiger partial charge in [0.05, 0.1) is 0 Å². The molecule has 2 fully saturated rings. The summed E-state index contributed by atoms with van der Waals surface area (Å²) in [7, 11) is 0. The first-order valence-electron chi connectivity index (χ1n) is 11.7. The Morgan fingerprint density at radius 3 is 2.76 bits per heavy atom. The molecule has 4 rings (SSSR count). The number of ketones is 2. The maximum absolute atomic E-state index is 13.3. The number of allylic oxidation sites excluding steroid dienone is 4. The normalized spacial score (nSPS) is 33.8. The molecular formula is C25H35NO3. The quantitative estimate of drug-likeness (QED) is 0.626. The lowest BCUT2D eigenvalue weighted by atomic mass is 9.53. The fraction of sp³-hybridized carbons (Fsp3) is 0.720. The van der Waals surface area contributed by atoms with Gasteiger partial charge in [-0.1, -0.05) is 38.2 Å². The van der Waals surface area contributed by atoms with Crippen LogP contribution in [0.5, 0.6) is 0 Å². The summed E-state index contributed by atoms with van der Waals surface area (Å²) in [5.41, 5.74) is 9.38. The summed E-state index contributed by atoms with van der Waals surface area (Å²) in [5, 5.41) is 0. The molecule has 0 heterocycles. The van der Waals surface area contributed by atoms with Crippen molar-refractivity contribution in [3.63, 3.8) is 0 Å². The predicted molar refractivity (Wildman–Crippen MR) is 113 cm³/mol. The Balaban J connectivity index is 1.56. The van der Waals surface area contributed by atoms with E-state index in [0.717, 1.165) is 44.1 Å². The van der Waals surface area contributed by atoms with Crippen LogP contribution in [0.15, 0.2) is 22.8 Å².